The number of fused-ring (bicyclic) bond motifs is 1. The van der Waals surface area contributed by atoms with E-state index in [-0.39, 0.29) is 11.9 Å². The molecule has 0 unspecified atom stereocenters. The van der Waals surface area contributed by atoms with Crippen LogP contribution in [-0.2, 0) is 12.8 Å². The van der Waals surface area contributed by atoms with E-state index in [2.05, 4.69) is 29.6 Å². The fraction of sp³-hybridized carbons (Fsp3) is 0.267. The molecule has 1 aliphatic carbocycles. The molecule has 0 aliphatic heterocycles. The second-order valence-corrected chi connectivity index (χ2v) is 5.86. The fourth-order valence-corrected chi connectivity index (χ4v) is 3.24. The summed E-state index contributed by atoms with van der Waals surface area (Å²) >= 11 is 1.62. The fourth-order valence-electron chi connectivity index (χ4n) is 2.54. The first-order valence-electron chi connectivity index (χ1n) is 6.16. The lowest BCUT2D eigenvalue weighted by Crippen LogP contribution is -2.35. The van der Waals surface area contributed by atoms with Crippen LogP contribution in [-0.4, -0.2) is 11.9 Å². The summed E-state index contributed by atoms with van der Waals surface area (Å²) in [6.45, 7) is 1.99. The van der Waals surface area contributed by atoms with Crippen LogP contribution in [0.15, 0.2) is 35.7 Å². The maximum absolute atomic E-state index is 12.1. The molecule has 1 N–H and O–H groups in total. The average molecular weight is 257 g/mol. The number of hydrogen-bond donors (Lipinski definition) is 1. The normalized spacial score (nSPS) is 14.5. The van der Waals surface area contributed by atoms with E-state index in [9.17, 15) is 4.79 Å². The van der Waals surface area contributed by atoms with E-state index >= 15 is 0 Å². The van der Waals surface area contributed by atoms with Crippen LogP contribution in [0.1, 0.15) is 26.4 Å². The Labute approximate surface area is 111 Å². The lowest BCUT2D eigenvalue weighted by molar-refractivity contribution is 0.0938. The highest BCUT2D eigenvalue weighted by molar-refractivity contribution is 7.10. The first-order chi connectivity index (χ1) is 8.74. The van der Waals surface area contributed by atoms with Crippen LogP contribution in [0.3, 0.4) is 0 Å². The standard InChI is InChI=1S/C15H15NOS/c1-10-14(6-7-18-10)15(17)16-13-8-11-4-2-3-5-12(11)9-13/h2-7,13H,8-9H2,1H3,(H,16,17). The van der Waals surface area contributed by atoms with Crippen LogP contribution < -0.4 is 5.32 Å². The number of amides is 1. The molecule has 1 aromatic carbocycles. The number of carbonyl (C=O) groups is 1. The number of aryl methyl sites for hydroxylation is 1. The van der Waals surface area contributed by atoms with Gasteiger partial charge in [-0.25, -0.2) is 0 Å². The first kappa shape index (κ1) is 11.5. The Morgan fingerprint density at radius 2 is 1.89 bits per heavy atom. The second-order valence-electron chi connectivity index (χ2n) is 4.74. The number of benzene rings is 1. The van der Waals surface area contributed by atoms with Crippen molar-refractivity contribution in [2.45, 2.75) is 25.8 Å². The second kappa shape index (κ2) is 4.58. The van der Waals surface area contributed by atoms with Crippen molar-refractivity contribution in [2.24, 2.45) is 0 Å². The number of hydrogen-bond acceptors (Lipinski definition) is 2. The molecule has 2 aromatic rings. The quantitative estimate of drug-likeness (QED) is 0.880. The Balaban J connectivity index is 1.70. The summed E-state index contributed by atoms with van der Waals surface area (Å²) in [6.07, 6.45) is 1.90. The molecule has 92 valence electrons. The van der Waals surface area contributed by atoms with E-state index in [0.29, 0.717) is 0 Å². The van der Waals surface area contributed by atoms with Gasteiger partial charge in [-0.2, -0.15) is 0 Å². The zero-order valence-electron chi connectivity index (χ0n) is 10.3. The summed E-state index contributed by atoms with van der Waals surface area (Å²) in [5.74, 6) is 0.0616. The molecule has 0 atom stereocenters. The van der Waals surface area contributed by atoms with Gasteiger partial charge in [-0.15, -0.1) is 11.3 Å². The summed E-state index contributed by atoms with van der Waals surface area (Å²) in [7, 11) is 0. The van der Waals surface area contributed by atoms with Crippen molar-refractivity contribution in [2.75, 3.05) is 0 Å². The van der Waals surface area contributed by atoms with Gasteiger partial charge in [0.25, 0.3) is 5.91 Å². The van der Waals surface area contributed by atoms with Gasteiger partial charge in [-0.05, 0) is 42.3 Å². The van der Waals surface area contributed by atoms with Crippen molar-refractivity contribution in [1.29, 1.82) is 0 Å². The topological polar surface area (TPSA) is 29.1 Å². The zero-order chi connectivity index (χ0) is 12.5. The third-order valence-corrected chi connectivity index (χ3v) is 4.34. The lowest BCUT2D eigenvalue weighted by atomic mass is 10.1. The summed E-state index contributed by atoms with van der Waals surface area (Å²) in [6, 6.07) is 10.6. The summed E-state index contributed by atoms with van der Waals surface area (Å²) in [4.78, 5) is 13.2. The molecule has 1 amide bonds. The largest absolute Gasteiger partial charge is 0.349 e. The van der Waals surface area contributed by atoms with E-state index in [1.54, 1.807) is 11.3 Å². The minimum atomic E-state index is 0.0616. The van der Waals surface area contributed by atoms with Crippen LogP contribution >= 0.6 is 11.3 Å². The number of rotatable bonds is 2. The SMILES string of the molecule is Cc1sccc1C(=O)NC1Cc2ccccc2C1. The monoisotopic (exact) mass is 257 g/mol. The van der Waals surface area contributed by atoms with E-state index in [1.165, 1.54) is 11.1 Å². The number of nitrogens with one attached hydrogen (secondary N) is 1. The van der Waals surface area contributed by atoms with Crippen LogP contribution in [0.2, 0.25) is 0 Å². The Kier molecular flexibility index (Phi) is 2.92. The Hall–Kier alpha value is -1.61. The summed E-state index contributed by atoms with van der Waals surface area (Å²) in [5, 5.41) is 5.10. The van der Waals surface area contributed by atoms with E-state index in [4.69, 9.17) is 0 Å². The van der Waals surface area contributed by atoms with Gasteiger partial charge < -0.3 is 5.32 Å². The zero-order valence-corrected chi connectivity index (χ0v) is 11.1. The highest BCUT2D eigenvalue weighted by atomic mass is 32.1. The first-order valence-corrected chi connectivity index (χ1v) is 7.04. The Bertz CT molecular complexity index is 563. The lowest BCUT2D eigenvalue weighted by Gasteiger charge is -2.11. The minimum absolute atomic E-state index is 0.0616. The summed E-state index contributed by atoms with van der Waals surface area (Å²) < 4.78 is 0. The molecule has 3 heteroatoms. The average Bonchev–Trinajstić information content (AvgIpc) is 2.94. The van der Waals surface area contributed by atoms with Crippen molar-refractivity contribution in [3.63, 3.8) is 0 Å². The van der Waals surface area contributed by atoms with Gasteiger partial charge in [-0.1, -0.05) is 24.3 Å². The van der Waals surface area contributed by atoms with Crippen molar-refractivity contribution in [3.05, 3.63) is 57.3 Å². The molecule has 0 bridgehead atoms. The molecule has 1 heterocycles. The van der Waals surface area contributed by atoms with Gasteiger partial charge in [0.15, 0.2) is 0 Å². The molecule has 1 aromatic heterocycles. The predicted molar refractivity (Wildman–Crippen MR) is 74.2 cm³/mol. The van der Waals surface area contributed by atoms with E-state index in [1.807, 2.05) is 18.4 Å². The highest BCUT2D eigenvalue weighted by Crippen LogP contribution is 2.22. The molecule has 3 rings (SSSR count). The van der Waals surface area contributed by atoms with E-state index < -0.39 is 0 Å². The van der Waals surface area contributed by atoms with Gasteiger partial charge in [0.05, 0.1) is 5.56 Å². The molecule has 0 saturated heterocycles. The molecule has 0 saturated carbocycles. The number of thiophene rings is 1. The predicted octanol–water partition coefficient (Wildman–Crippen LogP) is 2.95. The van der Waals surface area contributed by atoms with Gasteiger partial charge in [0, 0.05) is 10.9 Å². The summed E-state index contributed by atoms with van der Waals surface area (Å²) in [5.41, 5.74) is 3.55. The van der Waals surface area contributed by atoms with Gasteiger partial charge in [0.2, 0.25) is 0 Å². The molecule has 18 heavy (non-hydrogen) atoms. The smallest absolute Gasteiger partial charge is 0.252 e. The molecule has 0 radical (unpaired) electrons. The third-order valence-electron chi connectivity index (χ3n) is 3.49. The van der Waals surface area contributed by atoms with Gasteiger partial charge in [-0.3, -0.25) is 4.79 Å². The minimum Gasteiger partial charge on any atom is -0.349 e. The van der Waals surface area contributed by atoms with Crippen LogP contribution in [0.5, 0.6) is 0 Å². The third kappa shape index (κ3) is 2.06. The highest BCUT2D eigenvalue weighted by Gasteiger charge is 2.23. The van der Waals surface area contributed by atoms with Gasteiger partial charge in [0.1, 0.15) is 0 Å². The Morgan fingerprint density at radius 3 is 2.44 bits per heavy atom. The molecule has 0 spiro atoms. The molecule has 1 aliphatic rings. The molecular formula is C15H15NOS. The van der Waals surface area contributed by atoms with Gasteiger partial charge >= 0.3 is 0 Å². The molecule has 0 fully saturated rings. The van der Waals surface area contributed by atoms with Crippen molar-refractivity contribution in [1.82, 2.24) is 5.32 Å². The van der Waals surface area contributed by atoms with Crippen molar-refractivity contribution >= 4 is 17.2 Å². The van der Waals surface area contributed by atoms with Crippen LogP contribution in [0, 0.1) is 6.92 Å². The van der Waals surface area contributed by atoms with E-state index in [0.717, 1.165) is 23.3 Å². The van der Waals surface area contributed by atoms with Crippen molar-refractivity contribution in [3.8, 4) is 0 Å². The number of carbonyl (C=O) groups excluding carboxylic acids is 1. The maximum atomic E-state index is 12.1. The van der Waals surface area contributed by atoms with Crippen molar-refractivity contribution < 1.29 is 4.79 Å². The molecular weight excluding hydrogens is 242 g/mol. The molecule has 2 nitrogen and oxygen atoms in total. The Morgan fingerprint density at radius 1 is 1.22 bits per heavy atom. The van der Waals surface area contributed by atoms with Crippen LogP contribution in [0.25, 0.3) is 0 Å². The maximum Gasteiger partial charge on any atom is 0.252 e. The van der Waals surface area contributed by atoms with Crippen LogP contribution in [0.4, 0.5) is 0 Å².